The van der Waals surface area contributed by atoms with Crippen molar-refractivity contribution in [3.05, 3.63) is 76.5 Å². The Kier molecular flexibility index (Phi) is 8.00. The average molecular weight is 548 g/mol. The minimum Gasteiger partial charge on any atom is -0.493 e. The van der Waals surface area contributed by atoms with E-state index in [-0.39, 0.29) is 18.0 Å². The summed E-state index contributed by atoms with van der Waals surface area (Å²) in [5, 5.41) is 4.97. The Labute approximate surface area is 221 Å². The van der Waals surface area contributed by atoms with Crippen LogP contribution in [0.5, 0.6) is 11.5 Å². The first-order valence-corrected chi connectivity index (χ1v) is 12.4. The van der Waals surface area contributed by atoms with Crippen molar-refractivity contribution in [2.75, 3.05) is 25.6 Å². The van der Waals surface area contributed by atoms with Crippen molar-refractivity contribution < 1.29 is 37.0 Å². The highest BCUT2D eigenvalue weighted by molar-refractivity contribution is 8.16. The van der Waals surface area contributed by atoms with Crippen LogP contribution < -0.4 is 14.8 Å². The molecule has 0 fully saturated rings. The maximum atomic E-state index is 12.9. The second kappa shape index (κ2) is 11.2. The van der Waals surface area contributed by atoms with Gasteiger partial charge in [0.15, 0.2) is 23.3 Å². The lowest BCUT2D eigenvalue weighted by atomic mass is 9.94. The highest BCUT2D eigenvalue weighted by Gasteiger charge is 2.38. The normalized spacial score (nSPS) is 16.6. The second-order valence-corrected chi connectivity index (χ2v) is 9.03. The number of amides is 1. The van der Waals surface area contributed by atoms with E-state index in [1.54, 1.807) is 32.0 Å². The third-order valence-electron chi connectivity index (χ3n) is 5.65. The van der Waals surface area contributed by atoms with Crippen molar-refractivity contribution in [2.45, 2.75) is 26.1 Å². The number of aliphatic imine (C=N–C) groups is 1. The molecular formula is C26H24F3N3O5S. The molecule has 0 radical (unpaired) electrons. The number of nitrogens with one attached hydrogen (secondary N) is 1. The van der Waals surface area contributed by atoms with E-state index in [4.69, 9.17) is 14.2 Å². The van der Waals surface area contributed by atoms with Crippen LogP contribution in [-0.2, 0) is 20.5 Å². The molecule has 200 valence electrons. The summed E-state index contributed by atoms with van der Waals surface area (Å²) < 4.78 is 55.2. The molecule has 8 nitrogen and oxygen atoms in total. The van der Waals surface area contributed by atoms with Crippen molar-refractivity contribution >= 4 is 34.5 Å². The van der Waals surface area contributed by atoms with E-state index >= 15 is 0 Å². The fraction of sp³-hybridized carbons (Fsp3) is 0.269. The lowest BCUT2D eigenvalue weighted by Crippen LogP contribution is -2.34. The molecule has 2 aromatic carbocycles. The first kappa shape index (κ1) is 27.1. The summed E-state index contributed by atoms with van der Waals surface area (Å²) >= 11 is 1.43. The zero-order valence-electron chi connectivity index (χ0n) is 20.7. The molecule has 1 atom stereocenters. The molecule has 1 amide bonds. The van der Waals surface area contributed by atoms with Gasteiger partial charge in [0.25, 0.3) is 5.91 Å². The summed E-state index contributed by atoms with van der Waals surface area (Å²) in [6.07, 6.45) is -2.70. The predicted octanol–water partition coefficient (Wildman–Crippen LogP) is 5.50. The van der Waals surface area contributed by atoms with Gasteiger partial charge in [-0.05, 0) is 55.2 Å². The van der Waals surface area contributed by atoms with Gasteiger partial charge in [-0.25, -0.2) is 9.79 Å². The number of hydrogen-bond acceptors (Lipinski definition) is 8. The van der Waals surface area contributed by atoms with Crippen LogP contribution in [0.3, 0.4) is 0 Å². The van der Waals surface area contributed by atoms with Gasteiger partial charge in [-0.3, -0.25) is 4.79 Å². The molecule has 2 aliphatic rings. The zero-order valence-corrected chi connectivity index (χ0v) is 21.5. The standard InChI is InChI=1S/C26H24F3N3O5S/c1-4-36-24(34)22-15(2)30-25-32(10-11-38-25)23(22)16-8-9-19(20(12-16)35-3)37-14-21(33)31-18-7-5-6-17(13-18)26(27,28)29/h5-13,23H,4,14H2,1-3H3,(H,31,33)/t23-/m1/s1. The fourth-order valence-corrected chi connectivity index (χ4v) is 4.78. The minimum atomic E-state index is -4.53. The van der Waals surface area contributed by atoms with Crippen molar-refractivity contribution in [3.63, 3.8) is 0 Å². The lowest BCUT2D eigenvalue weighted by Gasteiger charge is -2.33. The van der Waals surface area contributed by atoms with Crippen molar-refractivity contribution in [2.24, 2.45) is 4.99 Å². The lowest BCUT2D eigenvalue weighted by molar-refractivity contribution is -0.139. The third kappa shape index (κ3) is 5.80. The third-order valence-corrected chi connectivity index (χ3v) is 6.42. The van der Waals surface area contributed by atoms with E-state index in [1.165, 1.54) is 31.0 Å². The summed E-state index contributed by atoms with van der Waals surface area (Å²) in [4.78, 5) is 31.6. The number of halogens is 3. The highest BCUT2D eigenvalue weighted by atomic mass is 32.2. The van der Waals surface area contributed by atoms with Crippen LogP contribution in [0, 0.1) is 0 Å². The number of benzene rings is 2. The van der Waals surface area contributed by atoms with E-state index < -0.39 is 36.3 Å². The number of alkyl halides is 3. The number of amidine groups is 1. The van der Waals surface area contributed by atoms with Gasteiger partial charge in [0.1, 0.15) is 0 Å². The van der Waals surface area contributed by atoms with Crippen LogP contribution in [0.25, 0.3) is 0 Å². The Morgan fingerprint density at radius 2 is 1.95 bits per heavy atom. The van der Waals surface area contributed by atoms with Gasteiger partial charge in [-0.15, -0.1) is 0 Å². The molecule has 0 aliphatic carbocycles. The Hall–Kier alpha value is -3.93. The summed E-state index contributed by atoms with van der Waals surface area (Å²) in [7, 11) is 1.43. The van der Waals surface area contributed by atoms with E-state index in [0.717, 1.165) is 12.1 Å². The molecule has 0 aromatic heterocycles. The van der Waals surface area contributed by atoms with Gasteiger partial charge in [0, 0.05) is 11.9 Å². The van der Waals surface area contributed by atoms with Crippen molar-refractivity contribution in [1.82, 2.24) is 4.90 Å². The van der Waals surface area contributed by atoms with Crippen LogP contribution in [-0.4, -0.2) is 42.3 Å². The predicted molar refractivity (Wildman–Crippen MR) is 137 cm³/mol. The van der Waals surface area contributed by atoms with Crippen LogP contribution in [0.1, 0.15) is 31.0 Å². The summed E-state index contributed by atoms with van der Waals surface area (Å²) in [6.45, 7) is 3.22. The minimum absolute atomic E-state index is 0.00399. The van der Waals surface area contributed by atoms with Crippen LogP contribution in [0.2, 0.25) is 0 Å². The average Bonchev–Trinajstić information content (AvgIpc) is 3.34. The first-order chi connectivity index (χ1) is 18.1. The summed E-state index contributed by atoms with van der Waals surface area (Å²) in [6, 6.07) is 8.82. The van der Waals surface area contributed by atoms with E-state index in [9.17, 15) is 22.8 Å². The Morgan fingerprint density at radius 3 is 2.66 bits per heavy atom. The quantitative estimate of drug-likeness (QED) is 0.437. The number of esters is 1. The van der Waals surface area contributed by atoms with Crippen molar-refractivity contribution in [1.29, 1.82) is 0 Å². The number of hydrogen-bond donors (Lipinski definition) is 1. The smallest absolute Gasteiger partial charge is 0.416 e. The molecule has 38 heavy (non-hydrogen) atoms. The topological polar surface area (TPSA) is 89.5 Å². The molecule has 0 unspecified atom stereocenters. The maximum Gasteiger partial charge on any atom is 0.416 e. The number of fused-ring (bicyclic) bond motifs is 1. The molecule has 1 N–H and O–H groups in total. The summed E-state index contributed by atoms with van der Waals surface area (Å²) in [5.41, 5.74) is 0.753. The molecule has 2 heterocycles. The molecule has 12 heteroatoms. The Bertz CT molecular complexity index is 1340. The number of nitrogens with zero attached hydrogens (tertiary/aromatic N) is 2. The van der Waals surface area contributed by atoms with Crippen LogP contribution in [0.15, 0.2) is 70.3 Å². The van der Waals surface area contributed by atoms with Crippen molar-refractivity contribution in [3.8, 4) is 11.5 Å². The second-order valence-electron chi connectivity index (χ2n) is 8.15. The maximum absolute atomic E-state index is 12.9. The molecule has 2 aliphatic heterocycles. The van der Waals surface area contributed by atoms with E-state index in [1.807, 2.05) is 16.5 Å². The van der Waals surface area contributed by atoms with Gasteiger partial charge in [-0.2, -0.15) is 13.2 Å². The van der Waals surface area contributed by atoms with Crippen LogP contribution in [0.4, 0.5) is 18.9 Å². The van der Waals surface area contributed by atoms with Gasteiger partial charge < -0.3 is 24.4 Å². The SMILES string of the molecule is CCOC(=O)C1=C(C)N=C2SC=CN2[C@@H]1c1ccc(OCC(=O)Nc2cccc(C(F)(F)F)c2)c(OC)c1. The Balaban J connectivity index is 1.52. The number of ether oxygens (including phenoxy) is 3. The highest BCUT2D eigenvalue weighted by Crippen LogP contribution is 2.43. The van der Waals surface area contributed by atoms with Gasteiger partial charge >= 0.3 is 12.1 Å². The zero-order chi connectivity index (χ0) is 27.4. The van der Waals surface area contributed by atoms with Gasteiger partial charge in [0.2, 0.25) is 0 Å². The number of anilines is 1. The molecule has 0 saturated carbocycles. The number of methoxy groups -OCH3 is 1. The van der Waals surface area contributed by atoms with E-state index in [2.05, 4.69) is 10.3 Å². The van der Waals surface area contributed by atoms with Gasteiger partial charge in [-0.1, -0.05) is 23.9 Å². The summed E-state index contributed by atoms with van der Waals surface area (Å²) in [5.74, 6) is -0.584. The number of thioether (sulfide) groups is 1. The number of carbonyl (C=O) groups excluding carboxylic acids is 2. The number of carbonyl (C=O) groups is 2. The van der Waals surface area contributed by atoms with Gasteiger partial charge in [0.05, 0.1) is 36.6 Å². The van der Waals surface area contributed by atoms with Crippen LogP contribution >= 0.6 is 11.8 Å². The fourth-order valence-electron chi connectivity index (χ4n) is 3.99. The number of rotatable bonds is 8. The number of allylic oxidation sites excluding steroid dienone is 1. The molecule has 0 bridgehead atoms. The first-order valence-electron chi connectivity index (χ1n) is 11.5. The molecule has 2 aromatic rings. The molecular weight excluding hydrogens is 523 g/mol. The molecule has 0 spiro atoms. The Morgan fingerprint density at radius 1 is 1.16 bits per heavy atom. The monoisotopic (exact) mass is 547 g/mol. The molecule has 4 rings (SSSR count). The largest absolute Gasteiger partial charge is 0.493 e. The molecule has 0 saturated heterocycles. The van der Waals surface area contributed by atoms with E-state index in [0.29, 0.717) is 27.8 Å².